The van der Waals surface area contributed by atoms with Crippen molar-refractivity contribution in [2.75, 3.05) is 11.9 Å². The predicted molar refractivity (Wildman–Crippen MR) is 111 cm³/mol. The van der Waals surface area contributed by atoms with Crippen LogP contribution < -0.4 is 10.6 Å². The number of amides is 1. The maximum atomic E-state index is 11.9. The Morgan fingerprint density at radius 2 is 1.75 bits per heavy atom. The summed E-state index contributed by atoms with van der Waals surface area (Å²) >= 11 is 5.08. The number of carbonyl (C=O) groups is 3. The summed E-state index contributed by atoms with van der Waals surface area (Å²) in [5, 5.41) is 5.44. The topological polar surface area (TPSA) is 84.5 Å². The third-order valence-electron chi connectivity index (χ3n) is 3.83. The Bertz CT molecular complexity index is 852. The summed E-state index contributed by atoms with van der Waals surface area (Å²) in [6, 6.07) is 16.5. The average Bonchev–Trinajstić information content (AvgIpc) is 2.67. The zero-order valence-corrected chi connectivity index (χ0v) is 16.4. The molecule has 0 aliphatic carbocycles. The fraction of sp³-hybridized carbons (Fsp3) is 0.238. The minimum Gasteiger partial charge on any atom is -0.465 e. The van der Waals surface area contributed by atoms with E-state index in [-0.39, 0.29) is 36.3 Å². The second kappa shape index (κ2) is 10.9. The van der Waals surface area contributed by atoms with Crippen molar-refractivity contribution in [1.82, 2.24) is 5.32 Å². The van der Waals surface area contributed by atoms with Gasteiger partial charge in [0.2, 0.25) is 5.91 Å². The number of anilines is 1. The molecule has 0 saturated heterocycles. The highest BCUT2D eigenvalue weighted by atomic mass is 32.1. The molecule has 0 aromatic heterocycles. The summed E-state index contributed by atoms with van der Waals surface area (Å²) < 4.78 is 5.13. The quantitative estimate of drug-likeness (QED) is 0.403. The lowest BCUT2D eigenvalue weighted by atomic mass is 10.1. The molecule has 0 aliphatic rings. The molecule has 146 valence electrons. The Labute approximate surface area is 169 Å². The fourth-order valence-corrected chi connectivity index (χ4v) is 2.61. The molecule has 0 bridgehead atoms. The highest BCUT2D eigenvalue weighted by Crippen LogP contribution is 2.11. The summed E-state index contributed by atoms with van der Waals surface area (Å²) in [7, 11) is 0. The lowest BCUT2D eigenvalue weighted by Crippen LogP contribution is -2.34. The largest absolute Gasteiger partial charge is 0.465 e. The number of ether oxygens (including phenoxy) is 1. The van der Waals surface area contributed by atoms with Gasteiger partial charge >= 0.3 is 5.97 Å². The molecule has 0 spiro atoms. The van der Waals surface area contributed by atoms with E-state index in [2.05, 4.69) is 10.6 Å². The zero-order valence-electron chi connectivity index (χ0n) is 15.6. The number of hydrogen-bond donors (Lipinski definition) is 2. The Morgan fingerprint density at radius 1 is 1.00 bits per heavy atom. The van der Waals surface area contributed by atoms with Crippen LogP contribution >= 0.6 is 12.2 Å². The molecule has 0 atom stereocenters. The molecule has 2 aromatic rings. The molecule has 0 unspecified atom stereocenters. The lowest BCUT2D eigenvalue weighted by Gasteiger charge is -2.10. The van der Waals surface area contributed by atoms with Crippen molar-refractivity contribution in [3.05, 3.63) is 65.7 Å². The molecule has 1 amide bonds. The number of rotatable bonds is 8. The monoisotopic (exact) mass is 398 g/mol. The SMILES string of the molecule is CC(=O)c1cccc(NC(=S)NC(=O)CCC(=O)OCCc2ccccc2)c1. The number of carbonyl (C=O) groups excluding carboxylic acids is 3. The third kappa shape index (κ3) is 7.67. The van der Waals surface area contributed by atoms with E-state index in [9.17, 15) is 14.4 Å². The predicted octanol–water partition coefficient (Wildman–Crippen LogP) is 3.27. The molecule has 2 rings (SSSR count). The van der Waals surface area contributed by atoms with Gasteiger partial charge in [0.15, 0.2) is 10.9 Å². The van der Waals surface area contributed by atoms with Gasteiger partial charge in [-0.15, -0.1) is 0 Å². The van der Waals surface area contributed by atoms with Gasteiger partial charge in [-0.3, -0.25) is 14.4 Å². The van der Waals surface area contributed by atoms with E-state index >= 15 is 0 Å². The second-order valence-corrected chi connectivity index (χ2v) is 6.50. The summed E-state index contributed by atoms with van der Waals surface area (Å²) in [4.78, 5) is 35.0. The molecular formula is C21H22N2O4S. The summed E-state index contributed by atoms with van der Waals surface area (Å²) in [5.41, 5.74) is 2.22. The summed E-state index contributed by atoms with van der Waals surface area (Å²) in [6.45, 7) is 1.75. The van der Waals surface area contributed by atoms with E-state index in [1.807, 2.05) is 30.3 Å². The molecule has 6 nitrogen and oxygen atoms in total. The Balaban J connectivity index is 1.67. The van der Waals surface area contributed by atoms with Gasteiger partial charge in [-0.05, 0) is 36.8 Å². The van der Waals surface area contributed by atoms with Gasteiger partial charge < -0.3 is 15.4 Å². The maximum absolute atomic E-state index is 11.9. The zero-order chi connectivity index (χ0) is 20.4. The van der Waals surface area contributed by atoms with Crippen LogP contribution in [0.5, 0.6) is 0 Å². The van der Waals surface area contributed by atoms with Crippen LogP contribution in [0.3, 0.4) is 0 Å². The molecule has 0 radical (unpaired) electrons. The van der Waals surface area contributed by atoms with Crippen molar-refractivity contribution in [1.29, 1.82) is 0 Å². The number of esters is 1. The van der Waals surface area contributed by atoms with Gasteiger partial charge in [0.25, 0.3) is 0 Å². The van der Waals surface area contributed by atoms with Crippen LogP contribution in [0.2, 0.25) is 0 Å². The number of benzene rings is 2. The molecule has 2 aromatic carbocycles. The van der Waals surface area contributed by atoms with Crippen LogP contribution in [0.25, 0.3) is 0 Å². The van der Waals surface area contributed by atoms with Crippen molar-refractivity contribution in [3.63, 3.8) is 0 Å². The minimum atomic E-state index is -0.431. The van der Waals surface area contributed by atoms with Gasteiger partial charge in [-0.1, -0.05) is 42.5 Å². The summed E-state index contributed by atoms with van der Waals surface area (Å²) in [5.74, 6) is -0.885. The summed E-state index contributed by atoms with van der Waals surface area (Å²) in [6.07, 6.45) is 0.578. The minimum absolute atomic E-state index is 0.0247. The fourth-order valence-electron chi connectivity index (χ4n) is 2.38. The van der Waals surface area contributed by atoms with E-state index in [0.717, 1.165) is 5.56 Å². The standard InChI is InChI=1S/C21H22N2O4S/c1-15(24)17-8-5-9-18(14-17)22-21(28)23-19(25)10-11-20(26)27-13-12-16-6-3-2-4-7-16/h2-9,14H,10-13H2,1H3,(H2,22,23,25,28). The number of nitrogens with one attached hydrogen (secondary N) is 2. The van der Waals surface area contributed by atoms with Gasteiger partial charge in [-0.2, -0.15) is 0 Å². The van der Waals surface area contributed by atoms with Crippen molar-refractivity contribution >= 4 is 40.7 Å². The molecule has 28 heavy (non-hydrogen) atoms. The Hall–Kier alpha value is -3.06. The Kier molecular flexibility index (Phi) is 8.30. The van der Waals surface area contributed by atoms with Crippen molar-refractivity contribution in [2.45, 2.75) is 26.2 Å². The first-order chi connectivity index (χ1) is 13.4. The normalized spacial score (nSPS) is 10.0. The number of hydrogen-bond acceptors (Lipinski definition) is 5. The first-order valence-corrected chi connectivity index (χ1v) is 9.26. The van der Waals surface area contributed by atoms with E-state index in [1.54, 1.807) is 24.3 Å². The number of thiocarbonyl (C=S) groups is 1. The van der Waals surface area contributed by atoms with E-state index in [1.165, 1.54) is 6.92 Å². The first-order valence-electron chi connectivity index (χ1n) is 8.85. The second-order valence-electron chi connectivity index (χ2n) is 6.10. The van der Waals surface area contributed by atoms with E-state index < -0.39 is 5.97 Å². The Morgan fingerprint density at radius 3 is 2.46 bits per heavy atom. The van der Waals surface area contributed by atoms with Crippen LogP contribution in [0.4, 0.5) is 5.69 Å². The van der Waals surface area contributed by atoms with Crippen molar-refractivity contribution < 1.29 is 19.1 Å². The lowest BCUT2D eigenvalue weighted by molar-refractivity contribution is -0.144. The van der Waals surface area contributed by atoms with Crippen LogP contribution in [-0.2, 0) is 20.7 Å². The molecule has 7 heteroatoms. The highest BCUT2D eigenvalue weighted by molar-refractivity contribution is 7.80. The smallest absolute Gasteiger partial charge is 0.306 e. The van der Waals surface area contributed by atoms with Crippen LogP contribution in [0, 0.1) is 0 Å². The average molecular weight is 398 g/mol. The van der Waals surface area contributed by atoms with E-state index in [4.69, 9.17) is 17.0 Å². The molecule has 0 saturated carbocycles. The van der Waals surface area contributed by atoms with Gasteiger partial charge in [0, 0.05) is 24.1 Å². The van der Waals surface area contributed by atoms with Gasteiger partial charge in [-0.25, -0.2) is 0 Å². The van der Waals surface area contributed by atoms with Gasteiger partial charge in [0.05, 0.1) is 13.0 Å². The highest BCUT2D eigenvalue weighted by Gasteiger charge is 2.10. The van der Waals surface area contributed by atoms with Crippen LogP contribution in [0.15, 0.2) is 54.6 Å². The number of Topliss-reactive ketones (excluding diaryl/α,β-unsaturated/α-hetero) is 1. The van der Waals surface area contributed by atoms with Crippen LogP contribution in [0.1, 0.15) is 35.7 Å². The molecule has 0 heterocycles. The van der Waals surface area contributed by atoms with Gasteiger partial charge in [0.1, 0.15) is 0 Å². The maximum Gasteiger partial charge on any atom is 0.306 e. The molecule has 2 N–H and O–H groups in total. The van der Waals surface area contributed by atoms with Crippen molar-refractivity contribution in [3.8, 4) is 0 Å². The molecule has 0 fully saturated rings. The van der Waals surface area contributed by atoms with E-state index in [0.29, 0.717) is 17.7 Å². The molecular weight excluding hydrogens is 376 g/mol. The van der Waals surface area contributed by atoms with Crippen molar-refractivity contribution in [2.24, 2.45) is 0 Å². The third-order valence-corrected chi connectivity index (χ3v) is 4.04. The van der Waals surface area contributed by atoms with Crippen LogP contribution in [-0.4, -0.2) is 29.4 Å². The first kappa shape index (κ1) is 21.2. The molecule has 0 aliphatic heterocycles. The number of ketones is 1.